The van der Waals surface area contributed by atoms with Gasteiger partial charge in [0.05, 0.1) is 20.8 Å². The molecule has 0 aliphatic rings. The summed E-state index contributed by atoms with van der Waals surface area (Å²) in [5, 5.41) is 0. The molecule has 0 aliphatic carbocycles. The fourth-order valence-electron chi connectivity index (χ4n) is 1.66. The smallest absolute Gasteiger partial charge is 0.379 e. The van der Waals surface area contributed by atoms with Crippen LogP contribution in [0.5, 0.6) is 11.5 Å². The Morgan fingerprint density at radius 3 is 2.23 bits per heavy atom. The number of nitrogens with two attached hydrogens (primary N) is 1. The van der Waals surface area contributed by atoms with E-state index in [0.29, 0.717) is 0 Å². The van der Waals surface area contributed by atoms with Gasteiger partial charge in [-0.1, -0.05) is 0 Å². The summed E-state index contributed by atoms with van der Waals surface area (Å²) in [5.41, 5.74) is 4.75. The second-order valence-electron chi connectivity index (χ2n) is 4.05. The number of esters is 1. The normalized spacial score (nSPS) is 12.1. The van der Waals surface area contributed by atoms with Crippen molar-refractivity contribution in [1.82, 2.24) is 0 Å². The van der Waals surface area contributed by atoms with E-state index in [9.17, 15) is 18.0 Å². The monoisotopic (exact) mass is 343 g/mol. The molecule has 1 atom stereocenters. The highest BCUT2D eigenvalue weighted by molar-refractivity contribution is 5.85. The molecule has 126 valence electrons. The third-order valence-electron chi connectivity index (χ3n) is 2.78. The molecule has 0 bridgehead atoms. The number of alkyl halides is 2. The summed E-state index contributed by atoms with van der Waals surface area (Å²) >= 11 is 0. The van der Waals surface area contributed by atoms with Crippen LogP contribution in [0.3, 0.4) is 0 Å². The fourth-order valence-corrected chi connectivity index (χ4v) is 1.66. The molecule has 0 fully saturated rings. The van der Waals surface area contributed by atoms with E-state index in [4.69, 9.17) is 15.2 Å². The van der Waals surface area contributed by atoms with Crippen LogP contribution in [-0.2, 0) is 9.53 Å². The number of hydrogen-bond acceptors (Lipinski definition) is 5. The standard InChI is InChI=1S/C13H16F3NO4.ClH/c1-4-21-12(18)13(15,16)11(17)7-5-9(19-2)10(20-3)6-8(7)14;/h5-6,11H,4,17H2,1-3H3;1H/t11-;/m1./s1. The van der Waals surface area contributed by atoms with Crippen molar-refractivity contribution in [2.45, 2.75) is 18.9 Å². The molecule has 0 spiro atoms. The van der Waals surface area contributed by atoms with Crippen LogP contribution in [0.2, 0.25) is 0 Å². The third-order valence-corrected chi connectivity index (χ3v) is 2.78. The van der Waals surface area contributed by atoms with Gasteiger partial charge < -0.3 is 19.9 Å². The van der Waals surface area contributed by atoms with E-state index < -0.39 is 29.3 Å². The lowest BCUT2D eigenvalue weighted by Crippen LogP contribution is -2.42. The Kier molecular flexibility index (Phi) is 7.48. The van der Waals surface area contributed by atoms with Crippen LogP contribution in [0.1, 0.15) is 18.5 Å². The number of halogens is 4. The Morgan fingerprint density at radius 1 is 1.27 bits per heavy atom. The Bertz CT molecular complexity index is 528. The summed E-state index contributed by atoms with van der Waals surface area (Å²) in [4.78, 5) is 11.2. The van der Waals surface area contributed by atoms with Crippen molar-refractivity contribution < 1.29 is 32.2 Å². The topological polar surface area (TPSA) is 70.8 Å². The van der Waals surface area contributed by atoms with Gasteiger partial charge in [-0.05, 0) is 13.0 Å². The maximum atomic E-state index is 13.9. The predicted octanol–water partition coefficient (Wildman–Crippen LogP) is 2.46. The van der Waals surface area contributed by atoms with Gasteiger partial charge in [0, 0.05) is 11.6 Å². The maximum absolute atomic E-state index is 13.9. The minimum Gasteiger partial charge on any atom is -0.493 e. The fraction of sp³-hybridized carbons (Fsp3) is 0.462. The summed E-state index contributed by atoms with van der Waals surface area (Å²) in [6, 6.07) is -0.391. The quantitative estimate of drug-likeness (QED) is 0.803. The van der Waals surface area contributed by atoms with Crippen molar-refractivity contribution in [1.29, 1.82) is 0 Å². The molecule has 22 heavy (non-hydrogen) atoms. The van der Waals surface area contributed by atoms with Crippen molar-refractivity contribution in [3.63, 3.8) is 0 Å². The van der Waals surface area contributed by atoms with E-state index in [1.165, 1.54) is 21.1 Å². The predicted molar refractivity (Wildman–Crippen MR) is 75.3 cm³/mol. The van der Waals surface area contributed by atoms with E-state index in [0.717, 1.165) is 12.1 Å². The summed E-state index contributed by atoms with van der Waals surface area (Å²) < 4.78 is 55.5. The van der Waals surface area contributed by atoms with E-state index >= 15 is 0 Å². The van der Waals surface area contributed by atoms with Gasteiger partial charge in [0.25, 0.3) is 0 Å². The summed E-state index contributed by atoms with van der Waals surface area (Å²) in [6.07, 6.45) is 0. The zero-order chi connectivity index (χ0) is 16.2. The second-order valence-corrected chi connectivity index (χ2v) is 4.05. The van der Waals surface area contributed by atoms with Gasteiger partial charge in [0.15, 0.2) is 11.5 Å². The van der Waals surface area contributed by atoms with Crippen molar-refractivity contribution in [3.8, 4) is 11.5 Å². The van der Waals surface area contributed by atoms with Crippen LogP contribution in [0.25, 0.3) is 0 Å². The van der Waals surface area contributed by atoms with E-state index in [-0.39, 0.29) is 30.5 Å². The molecule has 0 saturated heterocycles. The van der Waals surface area contributed by atoms with Gasteiger partial charge in [-0.2, -0.15) is 8.78 Å². The van der Waals surface area contributed by atoms with Gasteiger partial charge in [0.2, 0.25) is 0 Å². The number of hydrogen-bond donors (Lipinski definition) is 1. The van der Waals surface area contributed by atoms with Gasteiger partial charge >= 0.3 is 11.9 Å². The van der Waals surface area contributed by atoms with E-state index in [1.807, 2.05) is 0 Å². The maximum Gasteiger partial charge on any atom is 0.379 e. The minimum absolute atomic E-state index is 0. The lowest BCUT2D eigenvalue weighted by Gasteiger charge is -2.23. The highest BCUT2D eigenvalue weighted by Gasteiger charge is 2.48. The Balaban J connectivity index is 0.00000441. The van der Waals surface area contributed by atoms with Crippen LogP contribution < -0.4 is 15.2 Å². The van der Waals surface area contributed by atoms with Crippen LogP contribution in [0.4, 0.5) is 13.2 Å². The molecular weight excluding hydrogens is 327 g/mol. The molecule has 9 heteroatoms. The van der Waals surface area contributed by atoms with Crippen LogP contribution in [-0.4, -0.2) is 32.7 Å². The van der Waals surface area contributed by atoms with Crippen LogP contribution in [0, 0.1) is 5.82 Å². The van der Waals surface area contributed by atoms with Crippen molar-refractivity contribution in [2.75, 3.05) is 20.8 Å². The molecule has 1 rings (SSSR count). The third kappa shape index (κ3) is 3.95. The van der Waals surface area contributed by atoms with Gasteiger partial charge in [-0.15, -0.1) is 12.4 Å². The summed E-state index contributed by atoms with van der Waals surface area (Å²) in [6.45, 7) is 1.13. The first-order chi connectivity index (χ1) is 9.79. The number of methoxy groups -OCH3 is 2. The molecule has 2 N–H and O–H groups in total. The molecule has 0 unspecified atom stereocenters. The summed E-state index contributed by atoms with van der Waals surface area (Å²) in [5.74, 6) is -6.89. The number of rotatable bonds is 6. The first kappa shape index (κ1) is 20.3. The molecule has 0 amide bonds. The average Bonchev–Trinajstić information content (AvgIpc) is 2.46. The van der Waals surface area contributed by atoms with Gasteiger partial charge in [0.1, 0.15) is 11.9 Å². The molecule has 0 aromatic heterocycles. The average molecular weight is 344 g/mol. The molecular formula is C13H17ClF3NO4. The van der Waals surface area contributed by atoms with Gasteiger partial charge in [-0.25, -0.2) is 9.18 Å². The zero-order valence-corrected chi connectivity index (χ0v) is 13.0. The Morgan fingerprint density at radius 2 is 1.77 bits per heavy atom. The zero-order valence-electron chi connectivity index (χ0n) is 12.2. The molecule has 0 saturated carbocycles. The first-order valence-electron chi connectivity index (χ1n) is 6.01. The molecule has 0 aliphatic heterocycles. The number of benzene rings is 1. The Labute approximate surface area is 131 Å². The summed E-state index contributed by atoms with van der Waals surface area (Å²) in [7, 11) is 2.53. The van der Waals surface area contributed by atoms with Crippen LogP contribution in [0.15, 0.2) is 12.1 Å². The number of carbonyl (C=O) groups is 1. The highest BCUT2D eigenvalue weighted by Crippen LogP contribution is 2.37. The van der Waals surface area contributed by atoms with Crippen molar-refractivity contribution in [2.24, 2.45) is 5.73 Å². The molecule has 0 heterocycles. The van der Waals surface area contributed by atoms with Crippen molar-refractivity contribution in [3.05, 3.63) is 23.5 Å². The minimum atomic E-state index is -4.07. The van der Waals surface area contributed by atoms with E-state index in [2.05, 4.69) is 4.74 Å². The Hall–Kier alpha value is -1.67. The number of ether oxygens (including phenoxy) is 3. The second kappa shape index (κ2) is 8.09. The lowest BCUT2D eigenvalue weighted by molar-refractivity contribution is -0.174. The molecule has 1 aromatic rings. The molecule has 5 nitrogen and oxygen atoms in total. The SMILES string of the molecule is CCOC(=O)C(F)(F)[C@H](N)c1cc(OC)c(OC)cc1F.Cl. The highest BCUT2D eigenvalue weighted by atomic mass is 35.5. The van der Waals surface area contributed by atoms with Crippen LogP contribution >= 0.6 is 12.4 Å². The van der Waals surface area contributed by atoms with Gasteiger partial charge in [-0.3, -0.25) is 0 Å². The van der Waals surface area contributed by atoms with E-state index in [1.54, 1.807) is 0 Å². The van der Waals surface area contributed by atoms with Crippen molar-refractivity contribution >= 4 is 18.4 Å². The first-order valence-corrected chi connectivity index (χ1v) is 6.01. The molecule has 0 radical (unpaired) electrons. The largest absolute Gasteiger partial charge is 0.493 e. The number of carbonyl (C=O) groups excluding carboxylic acids is 1. The molecule has 1 aromatic carbocycles. The lowest BCUT2D eigenvalue weighted by atomic mass is 10.00.